The summed E-state index contributed by atoms with van der Waals surface area (Å²) in [4.78, 5) is 9.60. The van der Waals surface area contributed by atoms with Crippen molar-refractivity contribution in [2.24, 2.45) is 46.3 Å². The van der Waals surface area contributed by atoms with Gasteiger partial charge in [0.05, 0.1) is 6.10 Å². The van der Waals surface area contributed by atoms with Gasteiger partial charge in [-0.15, -0.1) is 0 Å². The molecule has 8 atom stereocenters. The summed E-state index contributed by atoms with van der Waals surface area (Å²) >= 11 is 0. The molecule has 0 bridgehead atoms. The highest BCUT2D eigenvalue weighted by Crippen LogP contribution is 2.67. The number of carboxylic acids is 1. The Labute approximate surface area is 209 Å². The molecular weight excluding hydrogens is 420 g/mol. The fourth-order valence-corrected chi connectivity index (χ4v) is 8.67. The SMILES string of the molecule is C=C(C)C(=O)O.CC(C)CCCC(C)[C@H]1CC[C@H]2[C@@H]3CC=C4C[C@@H](O)CC[C@]4(C)[C@H]3CC[C@]12C. The van der Waals surface area contributed by atoms with E-state index in [-0.39, 0.29) is 11.7 Å². The van der Waals surface area contributed by atoms with E-state index in [1.54, 1.807) is 5.57 Å². The number of rotatable bonds is 6. The van der Waals surface area contributed by atoms with Crippen molar-refractivity contribution in [1.82, 2.24) is 0 Å². The molecule has 1 unspecified atom stereocenters. The first-order valence-electron chi connectivity index (χ1n) is 14.2. The molecule has 0 aromatic rings. The first-order valence-corrected chi connectivity index (χ1v) is 14.2. The van der Waals surface area contributed by atoms with E-state index in [1.807, 2.05) is 0 Å². The number of hydrogen-bond donors (Lipinski definition) is 2. The second-order valence-electron chi connectivity index (χ2n) is 13.3. The smallest absolute Gasteiger partial charge is 0.330 e. The van der Waals surface area contributed by atoms with E-state index in [0.717, 1.165) is 48.3 Å². The van der Waals surface area contributed by atoms with Crippen molar-refractivity contribution in [1.29, 1.82) is 0 Å². The monoisotopic (exact) mass is 472 g/mol. The van der Waals surface area contributed by atoms with Gasteiger partial charge in [0.25, 0.3) is 0 Å². The number of allylic oxidation sites excluding steroid dienone is 1. The molecule has 3 nitrogen and oxygen atoms in total. The lowest BCUT2D eigenvalue weighted by atomic mass is 9.47. The minimum Gasteiger partial charge on any atom is -0.478 e. The largest absolute Gasteiger partial charge is 0.478 e. The molecule has 2 N–H and O–H groups in total. The molecule has 0 saturated heterocycles. The summed E-state index contributed by atoms with van der Waals surface area (Å²) in [6.45, 7) is 17.2. The summed E-state index contributed by atoms with van der Waals surface area (Å²) in [6, 6.07) is 0. The van der Waals surface area contributed by atoms with E-state index in [2.05, 4.69) is 47.3 Å². The number of carboxylic acid groups (broad SMARTS) is 1. The highest BCUT2D eigenvalue weighted by Gasteiger charge is 2.59. The zero-order valence-corrected chi connectivity index (χ0v) is 22.9. The van der Waals surface area contributed by atoms with Gasteiger partial charge >= 0.3 is 5.97 Å². The number of fused-ring (bicyclic) bond motifs is 5. The molecule has 0 aliphatic heterocycles. The van der Waals surface area contributed by atoms with Gasteiger partial charge in [0.2, 0.25) is 0 Å². The Morgan fingerprint density at radius 1 is 1.09 bits per heavy atom. The summed E-state index contributed by atoms with van der Waals surface area (Å²) in [5.74, 6) is 4.52. The quantitative estimate of drug-likeness (QED) is 0.304. The fraction of sp³-hybridized carbons (Fsp3) is 0.839. The molecule has 4 rings (SSSR count). The maximum Gasteiger partial charge on any atom is 0.330 e. The van der Waals surface area contributed by atoms with Crippen LogP contribution in [0.5, 0.6) is 0 Å². The molecule has 0 heterocycles. The maximum atomic E-state index is 10.2. The van der Waals surface area contributed by atoms with Gasteiger partial charge in [-0.2, -0.15) is 0 Å². The molecule has 4 aliphatic carbocycles. The lowest BCUT2D eigenvalue weighted by Crippen LogP contribution is -2.50. The second-order valence-corrected chi connectivity index (χ2v) is 13.3. The molecule has 34 heavy (non-hydrogen) atoms. The average Bonchev–Trinajstić information content (AvgIpc) is 3.11. The zero-order chi connectivity index (χ0) is 25.3. The predicted molar refractivity (Wildman–Crippen MR) is 142 cm³/mol. The highest BCUT2D eigenvalue weighted by atomic mass is 16.4. The van der Waals surface area contributed by atoms with E-state index < -0.39 is 5.97 Å². The summed E-state index contributed by atoms with van der Waals surface area (Å²) < 4.78 is 0. The highest BCUT2D eigenvalue weighted by molar-refractivity contribution is 5.84. The topological polar surface area (TPSA) is 57.5 Å². The Balaban J connectivity index is 0.000000481. The Bertz CT molecular complexity index is 755. The molecule has 3 saturated carbocycles. The van der Waals surface area contributed by atoms with E-state index in [9.17, 15) is 9.90 Å². The molecular formula is C31H52O3. The Kier molecular flexibility index (Phi) is 8.81. The van der Waals surface area contributed by atoms with Gasteiger partial charge in [0.15, 0.2) is 0 Å². The summed E-state index contributed by atoms with van der Waals surface area (Å²) in [5.41, 5.74) is 2.78. The van der Waals surface area contributed by atoms with Crippen LogP contribution in [-0.4, -0.2) is 22.3 Å². The molecule has 0 amide bonds. The van der Waals surface area contributed by atoms with Gasteiger partial charge in [0.1, 0.15) is 0 Å². The molecule has 0 spiro atoms. The van der Waals surface area contributed by atoms with Crippen LogP contribution < -0.4 is 0 Å². The molecule has 0 radical (unpaired) electrons. The van der Waals surface area contributed by atoms with Crippen molar-refractivity contribution in [2.75, 3.05) is 0 Å². The third-order valence-electron chi connectivity index (χ3n) is 10.6. The van der Waals surface area contributed by atoms with Crippen LogP contribution in [0, 0.1) is 46.3 Å². The third-order valence-corrected chi connectivity index (χ3v) is 10.6. The van der Waals surface area contributed by atoms with E-state index in [4.69, 9.17) is 5.11 Å². The minimum absolute atomic E-state index is 0.0766. The summed E-state index contributed by atoms with van der Waals surface area (Å²) in [6.07, 6.45) is 17.2. The fourth-order valence-electron chi connectivity index (χ4n) is 8.67. The second kappa shape index (κ2) is 10.9. The van der Waals surface area contributed by atoms with Crippen LogP contribution in [0.25, 0.3) is 0 Å². The van der Waals surface area contributed by atoms with E-state index in [1.165, 1.54) is 64.7 Å². The predicted octanol–water partition coefficient (Wildman–Crippen LogP) is 8.04. The van der Waals surface area contributed by atoms with Crippen molar-refractivity contribution >= 4 is 5.97 Å². The number of aliphatic carboxylic acids is 1. The van der Waals surface area contributed by atoms with Gasteiger partial charge < -0.3 is 10.2 Å². The van der Waals surface area contributed by atoms with Crippen molar-refractivity contribution in [3.05, 3.63) is 23.8 Å². The van der Waals surface area contributed by atoms with Gasteiger partial charge in [-0.1, -0.05) is 72.1 Å². The molecule has 3 fully saturated rings. The summed E-state index contributed by atoms with van der Waals surface area (Å²) in [7, 11) is 0. The number of aliphatic hydroxyl groups is 1. The molecule has 3 heteroatoms. The van der Waals surface area contributed by atoms with Gasteiger partial charge in [0, 0.05) is 5.57 Å². The molecule has 0 aromatic heterocycles. The first kappa shape index (κ1) is 27.5. The third kappa shape index (κ3) is 5.50. The minimum atomic E-state index is -0.935. The van der Waals surface area contributed by atoms with Gasteiger partial charge in [-0.3, -0.25) is 0 Å². The van der Waals surface area contributed by atoms with Crippen LogP contribution in [0.15, 0.2) is 23.8 Å². The van der Waals surface area contributed by atoms with Crippen LogP contribution in [0.3, 0.4) is 0 Å². The maximum absolute atomic E-state index is 10.2. The Hall–Kier alpha value is -1.09. The van der Waals surface area contributed by atoms with Crippen molar-refractivity contribution < 1.29 is 15.0 Å². The summed E-state index contributed by atoms with van der Waals surface area (Å²) in [5, 5.41) is 18.1. The van der Waals surface area contributed by atoms with Crippen LogP contribution in [0.4, 0.5) is 0 Å². The standard InChI is InChI=1S/C27H46O.C4H6O2/c1-18(2)7-6-8-19(3)23-11-12-24-22-10-9-20-17-21(28)13-15-26(20,4)25(22)14-16-27(23,24)5;1-3(2)4(5)6/h9,18-19,21-25,28H,6-8,10-17H2,1-5H3;1H2,2H3,(H,5,6)/t19?,21-,22-,23+,24-,25-,26-,27+;/m0./s1. The van der Waals surface area contributed by atoms with Crippen molar-refractivity contribution in [3.63, 3.8) is 0 Å². The molecule has 0 aromatic carbocycles. The Morgan fingerprint density at radius 3 is 2.38 bits per heavy atom. The molecule has 194 valence electrons. The lowest BCUT2D eigenvalue weighted by molar-refractivity contribution is -0.132. The van der Waals surface area contributed by atoms with E-state index in [0.29, 0.717) is 10.8 Å². The normalized spacial score (nSPS) is 39.6. The van der Waals surface area contributed by atoms with E-state index >= 15 is 0 Å². The zero-order valence-electron chi connectivity index (χ0n) is 22.9. The van der Waals surface area contributed by atoms with Gasteiger partial charge in [-0.25, -0.2) is 4.79 Å². The average molecular weight is 473 g/mol. The van der Waals surface area contributed by atoms with Crippen LogP contribution in [-0.2, 0) is 4.79 Å². The number of hydrogen-bond acceptors (Lipinski definition) is 2. The van der Waals surface area contributed by atoms with Gasteiger partial charge in [-0.05, 0) is 105 Å². The first-order chi connectivity index (χ1) is 15.9. The molecule has 4 aliphatic rings. The number of aliphatic hydroxyl groups excluding tert-OH is 1. The van der Waals surface area contributed by atoms with Crippen LogP contribution in [0.2, 0.25) is 0 Å². The van der Waals surface area contributed by atoms with Crippen molar-refractivity contribution in [3.8, 4) is 0 Å². The van der Waals surface area contributed by atoms with Crippen molar-refractivity contribution in [2.45, 2.75) is 118 Å². The Morgan fingerprint density at radius 2 is 1.76 bits per heavy atom. The number of carbonyl (C=O) groups is 1. The lowest BCUT2D eigenvalue weighted by Gasteiger charge is -2.58. The van der Waals surface area contributed by atoms with Crippen LogP contribution >= 0.6 is 0 Å². The van der Waals surface area contributed by atoms with Crippen LogP contribution in [0.1, 0.15) is 112 Å².